The van der Waals surface area contributed by atoms with Crippen molar-refractivity contribution in [3.05, 3.63) is 76.3 Å². The number of halogens is 1. The summed E-state index contributed by atoms with van der Waals surface area (Å²) in [5.41, 5.74) is 0.994. The van der Waals surface area contributed by atoms with Crippen molar-refractivity contribution in [2.45, 2.75) is 0 Å². The molecule has 0 unspecified atom stereocenters. The van der Waals surface area contributed by atoms with Gasteiger partial charge in [-0.25, -0.2) is 0 Å². The van der Waals surface area contributed by atoms with Gasteiger partial charge >= 0.3 is 0 Å². The standard InChI is InChI=1S/C18H17BrN2O4/c19-16-10-9-15(25-16)18(24)21-14(17(23)20-11-12-22)8-4-7-13-5-2-1-3-6-13/h1-10,22H,11-12H2,(H,20,23)(H,21,24)/b7-4-,14-8-. The SMILES string of the molecule is O=C(NCCO)/C(=C/C=C\c1ccccc1)NC(=O)c1ccc(Br)o1. The van der Waals surface area contributed by atoms with E-state index in [0.29, 0.717) is 4.67 Å². The van der Waals surface area contributed by atoms with Gasteiger partial charge < -0.3 is 20.2 Å². The van der Waals surface area contributed by atoms with Gasteiger partial charge in [-0.15, -0.1) is 0 Å². The molecule has 0 fully saturated rings. The minimum atomic E-state index is -0.552. The van der Waals surface area contributed by atoms with Crippen LogP contribution in [0.1, 0.15) is 16.1 Å². The van der Waals surface area contributed by atoms with Crippen LogP contribution in [0.25, 0.3) is 6.08 Å². The second kappa shape index (κ2) is 9.61. The third-order valence-electron chi connectivity index (χ3n) is 3.04. The average Bonchev–Trinajstić information content (AvgIpc) is 3.06. The molecule has 1 aromatic heterocycles. The van der Waals surface area contributed by atoms with E-state index < -0.39 is 11.8 Å². The second-order valence-electron chi connectivity index (χ2n) is 4.89. The van der Waals surface area contributed by atoms with Gasteiger partial charge in [-0.05, 0) is 39.7 Å². The van der Waals surface area contributed by atoms with E-state index in [2.05, 4.69) is 26.6 Å². The minimum Gasteiger partial charge on any atom is -0.444 e. The van der Waals surface area contributed by atoms with E-state index in [1.165, 1.54) is 12.1 Å². The fourth-order valence-electron chi connectivity index (χ4n) is 1.88. The summed E-state index contributed by atoms with van der Waals surface area (Å²) in [4.78, 5) is 24.3. The van der Waals surface area contributed by atoms with E-state index in [0.717, 1.165) is 5.56 Å². The number of carbonyl (C=O) groups excluding carboxylic acids is 2. The predicted molar refractivity (Wildman–Crippen MR) is 97.5 cm³/mol. The lowest BCUT2D eigenvalue weighted by Crippen LogP contribution is -2.36. The Morgan fingerprint density at radius 1 is 1.16 bits per heavy atom. The molecule has 7 heteroatoms. The molecular weight excluding hydrogens is 388 g/mol. The van der Waals surface area contributed by atoms with Crippen LogP contribution in [0.15, 0.2) is 69.4 Å². The van der Waals surface area contributed by atoms with E-state index in [-0.39, 0.29) is 24.6 Å². The molecule has 0 bridgehead atoms. The van der Waals surface area contributed by atoms with Crippen LogP contribution in [0.3, 0.4) is 0 Å². The highest BCUT2D eigenvalue weighted by Gasteiger charge is 2.16. The highest BCUT2D eigenvalue weighted by atomic mass is 79.9. The molecule has 0 aliphatic carbocycles. The molecule has 2 amide bonds. The summed E-state index contributed by atoms with van der Waals surface area (Å²) >= 11 is 3.12. The van der Waals surface area contributed by atoms with Gasteiger partial charge in [0, 0.05) is 6.54 Å². The van der Waals surface area contributed by atoms with E-state index in [1.807, 2.05) is 30.3 Å². The maximum absolute atomic E-state index is 12.2. The molecule has 0 saturated heterocycles. The quantitative estimate of drug-likeness (QED) is 0.488. The van der Waals surface area contributed by atoms with E-state index in [9.17, 15) is 9.59 Å². The maximum Gasteiger partial charge on any atom is 0.291 e. The van der Waals surface area contributed by atoms with Crippen molar-refractivity contribution in [3.8, 4) is 0 Å². The van der Waals surface area contributed by atoms with E-state index in [1.54, 1.807) is 18.2 Å². The molecule has 0 saturated carbocycles. The molecule has 2 rings (SSSR count). The lowest BCUT2D eigenvalue weighted by Gasteiger charge is -2.08. The molecule has 0 aliphatic heterocycles. The first-order chi connectivity index (χ1) is 12.1. The number of benzene rings is 1. The van der Waals surface area contributed by atoms with Crippen LogP contribution in [0.5, 0.6) is 0 Å². The number of hydrogen-bond acceptors (Lipinski definition) is 4. The topological polar surface area (TPSA) is 91.6 Å². The Bertz CT molecular complexity index is 781. The lowest BCUT2D eigenvalue weighted by molar-refractivity contribution is -0.117. The van der Waals surface area contributed by atoms with Gasteiger partial charge in [0.25, 0.3) is 11.8 Å². The summed E-state index contributed by atoms with van der Waals surface area (Å²) < 4.78 is 5.58. The third kappa shape index (κ3) is 6.06. The van der Waals surface area contributed by atoms with Gasteiger partial charge in [-0.1, -0.05) is 42.5 Å². The summed E-state index contributed by atoms with van der Waals surface area (Å²) in [6, 6.07) is 12.6. The van der Waals surface area contributed by atoms with Crippen molar-refractivity contribution in [1.29, 1.82) is 0 Å². The zero-order valence-electron chi connectivity index (χ0n) is 13.2. The number of amides is 2. The smallest absolute Gasteiger partial charge is 0.291 e. The highest BCUT2D eigenvalue weighted by molar-refractivity contribution is 9.10. The number of hydrogen-bond donors (Lipinski definition) is 3. The van der Waals surface area contributed by atoms with Crippen LogP contribution in [0.2, 0.25) is 0 Å². The summed E-state index contributed by atoms with van der Waals surface area (Å²) in [7, 11) is 0. The average molecular weight is 405 g/mol. The molecule has 0 spiro atoms. The predicted octanol–water partition coefficient (Wildman–Crippen LogP) is 2.48. The number of furan rings is 1. The molecule has 1 heterocycles. The van der Waals surface area contributed by atoms with Gasteiger partial charge in [-0.2, -0.15) is 0 Å². The van der Waals surface area contributed by atoms with Crippen molar-refractivity contribution in [3.63, 3.8) is 0 Å². The first-order valence-electron chi connectivity index (χ1n) is 7.49. The Hall–Kier alpha value is -2.64. The molecule has 0 radical (unpaired) electrons. The van der Waals surface area contributed by atoms with Crippen molar-refractivity contribution in [1.82, 2.24) is 10.6 Å². The molecule has 0 aliphatic rings. The van der Waals surface area contributed by atoms with Crippen LogP contribution in [0, 0.1) is 0 Å². The highest BCUT2D eigenvalue weighted by Crippen LogP contribution is 2.14. The molecule has 2 aromatic rings. The molecule has 25 heavy (non-hydrogen) atoms. The van der Waals surface area contributed by atoms with Gasteiger partial charge in [0.1, 0.15) is 5.70 Å². The molecule has 6 nitrogen and oxygen atoms in total. The van der Waals surface area contributed by atoms with Crippen molar-refractivity contribution < 1.29 is 19.1 Å². The largest absolute Gasteiger partial charge is 0.444 e. The first kappa shape index (κ1) is 18.7. The van der Waals surface area contributed by atoms with Gasteiger partial charge in [0.15, 0.2) is 10.4 Å². The summed E-state index contributed by atoms with van der Waals surface area (Å²) in [6.07, 6.45) is 4.94. The third-order valence-corrected chi connectivity index (χ3v) is 3.46. The number of nitrogens with one attached hydrogen (secondary N) is 2. The van der Waals surface area contributed by atoms with Gasteiger partial charge in [0.05, 0.1) is 6.61 Å². The fraction of sp³-hybridized carbons (Fsp3) is 0.111. The Balaban J connectivity index is 2.14. The fourth-order valence-corrected chi connectivity index (χ4v) is 2.19. The summed E-state index contributed by atoms with van der Waals surface area (Å²) in [5, 5.41) is 13.8. The molecular formula is C18H17BrN2O4. The Morgan fingerprint density at radius 3 is 2.56 bits per heavy atom. The van der Waals surface area contributed by atoms with Gasteiger partial charge in [0.2, 0.25) is 0 Å². The zero-order chi connectivity index (χ0) is 18.1. The normalized spacial score (nSPS) is 11.5. The van der Waals surface area contributed by atoms with Crippen LogP contribution in [-0.2, 0) is 4.79 Å². The number of aliphatic hydroxyl groups excluding tert-OH is 1. The number of carbonyl (C=O) groups is 2. The maximum atomic E-state index is 12.2. The summed E-state index contributed by atoms with van der Waals surface area (Å²) in [6.45, 7) is -0.112. The van der Waals surface area contributed by atoms with Crippen LogP contribution in [-0.4, -0.2) is 30.1 Å². The van der Waals surface area contributed by atoms with Crippen molar-refractivity contribution in [2.75, 3.05) is 13.2 Å². The van der Waals surface area contributed by atoms with Crippen LogP contribution >= 0.6 is 15.9 Å². The Labute approximate surface area is 153 Å². The number of rotatable bonds is 7. The van der Waals surface area contributed by atoms with Crippen molar-refractivity contribution >= 4 is 33.8 Å². The Kier molecular flexibility index (Phi) is 7.18. The molecule has 3 N–H and O–H groups in total. The number of allylic oxidation sites excluding steroid dienone is 2. The molecule has 130 valence electrons. The summed E-state index contributed by atoms with van der Waals surface area (Å²) in [5.74, 6) is -0.991. The monoisotopic (exact) mass is 404 g/mol. The minimum absolute atomic E-state index is 0.0400. The van der Waals surface area contributed by atoms with Crippen LogP contribution in [0.4, 0.5) is 0 Å². The van der Waals surface area contributed by atoms with Crippen molar-refractivity contribution in [2.24, 2.45) is 0 Å². The lowest BCUT2D eigenvalue weighted by atomic mass is 10.2. The van der Waals surface area contributed by atoms with Gasteiger partial charge in [-0.3, -0.25) is 9.59 Å². The second-order valence-corrected chi connectivity index (χ2v) is 5.67. The molecule has 0 atom stereocenters. The molecule has 1 aromatic carbocycles. The first-order valence-corrected chi connectivity index (χ1v) is 8.28. The van der Waals surface area contributed by atoms with E-state index >= 15 is 0 Å². The zero-order valence-corrected chi connectivity index (χ0v) is 14.8. The van der Waals surface area contributed by atoms with Crippen LogP contribution < -0.4 is 10.6 Å². The van der Waals surface area contributed by atoms with E-state index in [4.69, 9.17) is 9.52 Å². The number of aliphatic hydroxyl groups is 1. The Morgan fingerprint density at radius 2 is 1.92 bits per heavy atom.